The molecule has 1 heterocycles. The average molecular weight is 266 g/mol. The third kappa shape index (κ3) is 4.00. The van der Waals surface area contributed by atoms with Gasteiger partial charge in [-0.25, -0.2) is 4.39 Å². The van der Waals surface area contributed by atoms with Crippen molar-refractivity contribution >= 4 is 0 Å². The average Bonchev–Trinajstić information content (AvgIpc) is 2.32. The molecule has 0 unspecified atom stereocenters. The quantitative estimate of drug-likeness (QED) is 0.904. The zero-order valence-electron chi connectivity index (χ0n) is 11.9. The van der Waals surface area contributed by atoms with E-state index in [0.29, 0.717) is 6.54 Å². The van der Waals surface area contributed by atoms with Crippen LogP contribution in [0.15, 0.2) is 18.2 Å². The summed E-state index contributed by atoms with van der Waals surface area (Å²) in [6.07, 6.45) is 0.430. The zero-order chi connectivity index (χ0) is 13.8. The SMILES string of the molecule is CNCc1ccc(F)c(CN2C[C@@H](C)O[C@@H](C)C2)c1. The summed E-state index contributed by atoms with van der Waals surface area (Å²) in [5.41, 5.74) is 1.89. The van der Waals surface area contributed by atoms with Crippen LogP contribution in [0.25, 0.3) is 0 Å². The second-order valence-electron chi connectivity index (χ2n) is 5.41. The lowest BCUT2D eigenvalue weighted by molar-refractivity contribution is -0.0707. The number of hydrogen-bond acceptors (Lipinski definition) is 3. The van der Waals surface area contributed by atoms with Crippen molar-refractivity contribution in [2.24, 2.45) is 0 Å². The van der Waals surface area contributed by atoms with Gasteiger partial charge in [-0.3, -0.25) is 4.90 Å². The largest absolute Gasteiger partial charge is 0.373 e. The minimum absolute atomic E-state index is 0.119. The fourth-order valence-electron chi connectivity index (χ4n) is 2.72. The van der Waals surface area contributed by atoms with Gasteiger partial charge in [0.05, 0.1) is 12.2 Å². The van der Waals surface area contributed by atoms with Gasteiger partial charge >= 0.3 is 0 Å². The topological polar surface area (TPSA) is 24.5 Å². The summed E-state index contributed by atoms with van der Waals surface area (Å²) in [7, 11) is 1.90. The lowest BCUT2D eigenvalue weighted by Crippen LogP contribution is -2.44. The molecule has 0 bridgehead atoms. The van der Waals surface area contributed by atoms with E-state index in [0.717, 1.165) is 30.8 Å². The van der Waals surface area contributed by atoms with Gasteiger partial charge in [-0.1, -0.05) is 12.1 Å². The summed E-state index contributed by atoms with van der Waals surface area (Å²) in [6, 6.07) is 5.35. The summed E-state index contributed by atoms with van der Waals surface area (Å²) >= 11 is 0. The Hall–Kier alpha value is -0.970. The first-order chi connectivity index (χ1) is 9.08. The minimum atomic E-state index is -0.119. The van der Waals surface area contributed by atoms with Crippen LogP contribution in [0.5, 0.6) is 0 Å². The lowest BCUT2D eigenvalue weighted by atomic mass is 10.1. The predicted octanol–water partition coefficient (Wildman–Crippen LogP) is 2.15. The van der Waals surface area contributed by atoms with Gasteiger partial charge in [0, 0.05) is 31.7 Å². The predicted molar refractivity (Wildman–Crippen MR) is 74.4 cm³/mol. The van der Waals surface area contributed by atoms with Crippen LogP contribution in [0.3, 0.4) is 0 Å². The Morgan fingerprint density at radius 3 is 2.63 bits per heavy atom. The summed E-state index contributed by atoms with van der Waals surface area (Å²) in [5.74, 6) is -0.119. The highest BCUT2D eigenvalue weighted by Crippen LogP contribution is 2.17. The monoisotopic (exact) mass is 266 g/mol. The standard InChI is InChI=1S/C15H23FN2O/c1-11-8-18(9-12(2)19-11)10-14-6-13(7-17-3)4-5-15(14)16/h4-6,11-12,17H,7-10H2,1-3H3/t11-,12+. The maximum absolute atomic E-state index is 13.9. The van der Waals surface area contributed by atoms with E-state index in [2.05, 4.69) is 24.1 Å². The summed E-state index contributed by atoms with van der Waals surface area (Å²) in [5, 5.41) is 3.09. The molecule has 106 valence electrons. The van der Waals surface area contributed by atoms with Crippen molar-refractivity contribution in [2.75, 3.05) is 20.1 Å². The number of hydrogen-bond donors (Lipinski definition) is 1. The minimum Gasteiger partial charge on any atom is -0.373 e. The molecule has 0 amide bonds. The van der Waals surface area contributed by atoms with E-state index in [1.165, 1.54) is 0 Å². The molecule has 1 aromatic carbocycles. The zero-order valence-corrected chi connectivity index (χ0v) is 11.9. The number of ether oxygens (including phenoxy) is 1. The number of nitrogens with one attached hydrogen (secondary N) is 1. The Bertz CT molecular complexity index is 415. The van der Waals surface area contributed by atoms with E-state index in [1.54, 1.807) is 6.07 Å². The molecule has 4 heteroatoms. The van der Waals surface area contributed by atoms with Crippen LogP contribution in [0.2, 0.25) is 0 Å². The smallest absolute Gasteiger partial charge is 0.127 e. The molecule has 1 aliphatic heterocycles. The molecule has 0 radical (unpaired) electrons. The van der Waals surface area contributed by atoms with Crippen molar-refractivity contribution in [3.63, 3.8) is 0 Å². The van der Waals surface area contributed by atoms with Gasteiger partial charge in [0.15, 0.2) is 0 Å². The van der Waals surface area contributed by atoms with Crippen LogP contribution in [0, 0.1) is 5.82 Å². The lowest BCUT2D eigenvalue weighted by Gasteiger charge is -2.35. The van der Waals surface area contributed by atoms with Crippen LogP contribution in [-0.2, 0) is 17.8 Å². The van der Waals surface area contributed by atoms with Crippen molar-refractivity contribution < 1.29 is 9.13 Å². The molecule has 2 atom stereocenters. The summed E-state index contributed by atoms with van der Waals surface area (Å²) in [4.78, 5) is 2.26. The fraction of sp³-hybridized carbons (Fsp3) is 0.600. The summed E-state index contributed by atoms with van der Waals surface area (Å²) in [6.45, 7) is 7.28. The molecule has 1 saturated heterocycles. The van der Waals surface area contributed by atoms with Crippen molar-refractivity contribution in [1.82, 2.24) is 10.2 Å². The van der Waals surface area contributed by atoms with Gasteiger partial charge in [0.2, 0.25) is 0 Å². The Morgan fingerprint density at radius 1 is 1.32 bits per heavy atom. The molecule has 3 nitrogen and oxygen atoms in total. The summed E-state index contributed by atoms with van der Waals surface area (Å²) < 4.78 is 19.6. The Kier molecular flexibility index (Phi) is 4.91. The van der Waals surface area contributed by atoms with Crippen LogP contribution < -0.4 is 5.32 Å². The Balaban J connectivity index is 2.07. The molecule has 0 spiro atoms. The first-order valence-electron chi connectivity index (χ1n) is 6.88. The Morgan fingerprint density at radius 2 is 2.00 bits per heavy atom. The van der Waals surface area contributed by atoms with Crippen molar-refractivity contribution in [1.29, 1.82) is 0 Å². The van der Waals surface area contributed by atoms with Gasteiger partial charge in [0.1, 0.15) is 5.82 Å². The number of rotatable bonds is 4. The van der Waals surface area contributed by atoms with E-state index >= 15 is 0 Å². The number of benzene rings is 1. The molecule has 2 rings (SSSR count). The second-order valence-corrected chi connectivity index (χ2v) is 5.41. The second kappa shape index (κ2) is 6.46. The molecule has 1 N–H and O–H groups in total. The van der Waals surface area contributed by atoms with Gasteiger partial charge < -0.3 is 10.1 Å². The third-order valence-electron chi connectivity index (χ3n) is 3.38. The van der Waals surface area contributed by atoms with E-state index in [-0.39, 0.29) is 18.0 Å². The molecule has 0 saturated carbocycles. The normalized spacial score (nSPS) is 24.6. The van der Waals surface area contributed by atoms with Crippen molar-refractivity contribution in [2.45, 2.75) is 39.1 Å². The van der Waals surface area contributed by atoms with E-state index < -0.39 is 0 Å². The van der Waals surface area contributed by atoms with Crippen molar-refractivity contribution in [3.05, 3.63) is 35.1 Å². The molecule has 1 aromatic rings. The van der Waals surface area contributed by atoms with E-state index in [4.69, 9.17) is 4.74 Å². The first kappa shape index (κ1) is 14.4. The van der Waals surface area contributed by atoms with Gasteiger partial charge in [0.25, 0.3) is 0 Å². The molecule has 19 heavy (non-hydrogen) atoms. The molecule has 0 aliphatic carbocycles. The molecular formula is C15H23FN2O. The van der Waals surface area contributed by atoms with Crippen LogP contribution in [-0.4, -0.2) is 37.2 Å². The van der Waals surface area contributed by atoms with E-state index in [9.17, 15) is 4.39 Å². The highest BCUT2D eigenvalue weighted by Gasteiger charge is 2.22. The van der Waals surface area contributed by atoms with Crippen LogP contribution in [0.4, 0.5) is 4.39 Å². The number of halogens is 1. The fourth-order valence-corrected chi connectivity index (χ4v) is 2.72. The highest BCUT2D eigenvalue weighted by atomic mass is 19.1. The van der Waals surface area contributed by atoms with Crippen LogP contribution in [0.1, 0.15) is 25.0 Å². The number of nitrogens with zero attached hydrogens (tertiary/aromatic N) is 1. The Labute approximate surface area is 114 Å². The molecule has 1 aliphatic rings. The van der Waals surface area contributed by atoms with Crippen molar-refractivity contribution in [3.8, 4) is 0 Å². The van der Waals surface area contributed by atoms with Crippen LogP contribution >= 0.6 is 0 Å². The highest BCUT2D eigenvalue weighted by molar-refractivity contribution is 5.25. The van der Waals surface area contributed by atoms with Gasteiger partial charge in [-0.15, -0.1) is 0 Å². The van der Waals surface area contributed by atoms with Gasteiger partial charge in [-0.05, 0) is 32.5 Å². The first-order valence-corrected chi connectivity index (χ1v) is 6.88. The molecule has 0 aromatic heterocycles. The van der Waals surface area contributed by atoms with E-state index in [1.807, 2.05) is 19.2 Å². The number of morpholine rings is 1. The molecular weight excluding hydrogens is 243 g/mol. The van der Waals surface area contributed by atoms with Gasteiger partial charge in [-0.2, -0.15) is 0 Å². The maximum Gasteiger partial charge on any atom is 0.127 e. The third-order valence-corrected chi connectivity index (χ3v) is 3.38. The molecule has 1 fully saturated rings. The maximum atomic E-state index is 13.9.